The first-order valence-corrected chi connectivity index (χ1v) is 15.7. The summed E-state index contributed by atoms with van der Waals surface area (Å²) in [4.78, 5) is 27.8. The molecule has 1 amide bonds. The van der Waals surface area contributed by atoms with Gasteiger partial charge in [0.15, 0.2) is 5.01 Å². The van der Waals surface area contributed by atoms with Gasteiger partial charge in [0.1, 0.15) is 5.82 Å². The summed E-state index contributed by atoms with van der Waals surface area (Å²) >= 11 is 1.43. The molecular formula is C32H43FN6OS. The highest BCUT2D eigenvalue weighted by Gasteiger charge is 2.29. The van der Waals surface area contributed by atoms with Crippen molar-refractivity contribution in [3.05, 3.63) is 75.9 Å². The molecule has 2 fully saturated rings. The van der Waals surface area contributed by atoms with E-state index in [1.807, 2.05) is 42.5 Å². The fourth-order valence-corrected chi connectivity index (χ4v) is 7.01. The minimum atomic E-state index is -0.463. The Hall–Kier alpha value is -2.69. The van der Waals surface area contributed by atoms with Crippen LogP contribution in [-0.2, 0) is 6.42 Å². The van der Waals surface area contributed by atoms with E-state index in [0.29, 0.717) is 11.0 Å². The van der Waals surface area contributed by atoms with Crippen molar-refractivity contribution in [3.8, 4) is 11.3 Å². The van der Waals surface area contributed by atoms with Gasteiger partial charge in [-0.2, -0.15) is 0 Å². The van der Waals surface area contributed by atoms with Crippen molar-refractivity contribution in [3.63, 3.8) is 0 Å². The van der Waals surface area contributed by atoms with Crippen LogP contribution < -0.4 is 5.73 Å². The number of aromatic nitrogens is 1. The number of carbonyl (C=O) groups excluding carboxylic acids is 1. The van der Waals surface area contributed by atoms with Gasteiger partial charge in [-0.25, -0.2) is 9.37 Å². The number of benzene rings is 2. The molecular weight excluding hydrogens is 535 g/mol. The van der Waals surface area contributed by atoms with Crippen LogP contribution in [-0.4, -0.2) is 102 Å². The monoisotopic (exact) mass is 578 g/mol. The molecule has 2 aliphatic rings. The van der Waals surface area contributed by atoms with Gasteiger partial charge in [-0.3, -0.25) is 19.5 Å². The van der Waals surface area contributed by atoms with Crippen molar-refractivity contribution in [2.75, 3.05) is 65.4 Å². The SMILES string of the molecule is CC(C)N1CCN(C(CN2CCN(CCCc3sc(C(N)=O)nc3-c3ccccc3)CC2)c2ccc(F)cc2)CC1. The van der Waals surface area contributed by atoms with Crippen molar-refractivity contribution in [1.82, 2.24) is 24.6 Å². The van der Waals surface area contributed by atoms with Gasteiger partial charge < -0.3 is 10.6 Å². The molecule has 1 aromatic heterocycles. The summed E-state index contributed by atoms with van der Waals surface area (Å²) in [5, 5.41) is 0.383. The number of hydrogen-bond acceptors (Lipinski definition) is 7. The molecule has 1 unspecified atom stereocenters. The second-order valence-corrected chi connectivity index (χ2v) is 12.6. The summed E-state index contributed by atoms with van der Waals surface area (Å²) in [6.07, 6.45) is 1.89. The molecule has 0 bridgehead atoms. The third-order valence-corrected chi connectivity index (χ3v) is 9.63. The van der Waals surface area contributed by atoms with Crippen LogP contribution in [0.1, 0.15) is 46.6 Å². The van der Waals surface area contributed by atoms with E-state index < -0.39 is 5.91 Å². The first-order chi connectivity index (χ1) is 19.9. The molecule has 0 saturated carbocycles. The van der Waals surface area contributed by atoms with Gasteiger partial charge in [-0.1, -0.05) is 42.5 Å². The average Bonchev–Trinajstić information content (AvgIpc) is 3.42. The maximum Gasteiger partial charge on any atom is 0.277 e. The lowest BCUT2D eigenvalue weighted by Gasteiger charge is -2.43. The molecule has 0 radical (unpaired) electrons. The second-order valence-electron chi connectivity index (χ2n) is 11.5. The van der Waals surface area contributed by atoms with Crippen LogP contribution in [0.15, 0.2) is 54.6 Å². The van der Waals surface area contributed by atoms with E-state index >= 15 is 0 Å². The smallest absolute Gasteiger partial charge is 0.277 e. The topological polar surface area (TPSA) is 68.9 Å². The van der Waals surface area contributed by atoms with Gasteiger partial charge in [0.05, 0.1) is 5.69 Å². The predicted octanol–water partition coefficient (Wildman–Crippen LogP) is 4.37. The highest BCUT2D eigenvalue weighted by atomic mass is 32.1. The number of aryl methyl sites for hydroxylation is 1. The number of amides is 1. The van der Waals surface area contributed by atoms with Crippen molar-refractivity contribution in [1.29, 1.82) is 0 Å². The zero-order valence-corrected chi connectivity index (χ0v) is 25.2. The molecule has 3 heterocycles. The van der Waals surface area contributed by atoms with E-state index in [4.69, 9.17) is 5.73 Å². The lowest BCUT2D eigenvalue weighted by atomic mass is 10.0. The molecule has 2 aliphatic heterocycles. The molecule has 5 rings (SSSR count). The summed E-state index contributed by atoms with van der Waals surface area (Å²) < 4.78 is 13.7. The molecule has 9 heteroatoms. The van der Waals surface area contributed by atoms with Crippen molar-refractivity contribution in [2.45, 2.75) is 38.8 Å². The van der Waals surface area contributed by atoms with Crippen LogP contribution >= 0.6 is 11.3 Å². The maximum absolute atomic E-state index is 13.7. The Labute approximate surface area is 247 Å². The number of piperazine rings is 2. The van der Waals surface area contributed by atoms with E-state index in [0.717, 1.165) is 94.4 Å². The molecule has 220 valence electrons. The molecule has 2 N–H and O–H groups in total. The zero-order valence-electron chi connectivity index (χ0n) is 24.3. The molecule has 7 nitrogen and oxygen atoms in total. The molecule has 1 atom stereocenters. The van der Waals surface area contributed by atoms with Gasteiger partial charge in [0.2, 0.25) is 0 Å². The highest BCUT2D eigenvalue weighted by molar-refractivity contribution is 7.14. The van der Waals surface area contributed by atoms with Crippen LogP contribution in [0.3, 0.4) is 0 Å². The lowest BCUT2D eigenvalue weighted by Crippen LogP contribution is -2.53. The number of hydrogen-bond donors (Lipinski definition) is 1. The Kier molecular flexibility index (Phi) is 10.2. The number of carbonyl (C=O) groups is 1. The summed E-state index contributed by atoms with van der Waals surface area (Å²) in [5.74, 6) is -0.638. The summed E-state index contributed by atoms with van der Waals surface area (Å²) in [5.41, 5.74) is 8.67. The van der Waals surface area contributed by atoms with Crippen LogP contribution in [0.5, 0.6) is 0 Å². The van der Waals surface area contributed by atoms with E-state index in [2.05, 4.69) is 38.4 Å². The van der Waals surface area contributed by atoms with Gasteiger partial charge in [-0.15, -0.1) is 11.3 Å². The normalized spacial score (nSPS) is 18.6. The third kappa shape index (κ3) is 7.78. The summed E-state index contributed by atoms with van der Waals surface area (Å²) in [6.45, 7) is 14.9. The molecule has 3 aromatic rings. The van der Waals surface area contributed by atoms with Crippen LogP contribution in [0, 0.1) is 5.82 Å². The Bertz CT molecular complexity index is 1250. The van der Waals surface area contributed by atoms with Crippen LogP contribution in [0.25, 0.3) is 11.3 Å². The minimum absolute atomic E-state index is 0.175. The van der Waals surface area contributed by atoms with Crippen LogP contribution in [0.2, 0.25) is 0 Å². The molecule has 41 heavy (non-hydrogen) atoms. The van der Waals surface area contributed by atoms with E-state index in [9.17, 15) is 9.18 Å². The largest absolute Gasteiger partial charge is 0.364 e. The number of halogens is 1. The fraction of sp³-hybridized carbons (Fsp3) is 0.500. The third-order valence-electron chi connectivity index (χ3n) is 8.50. The quantitative estimate of drug-likeness (QED) is 0.365. The molecule has 2 saturated heterocycles. The van der Waals surface area contributed by atoms with E-state index in [1.165, 1.54) is 16.9 Å². The molecule has 0 spiro atoms. The summed E-state index contributed by atoms with van der Waals surface area (Å²) in [6, 6.07) is 18.0. The minimum Gasteiger partial charge on any atom is -0.364 e. The number of nitrogens with zero attached hydrogens (tertiary/aromatic N) is 5. The lowest BCUT2D eigenvalue weighted by molar-refractivity contribution is 0.0481. The van der Waals surface area contributed by atoms with Gasteiger partial charge in [-0.05, 0) is 50.9 Å². The molecule has 2 aromatic carbocycles. The van der Waals surface area contributed by atoms with Crippen molar-refractivity contribution >= 4 is 17.2 Å². The highest BCUT2D eigenvalue weighted by Crippen LogP contribution is 2.30. The fourth-order valence-electron chi connectivity index (χ4n) is 6.03. The second kappa shape index (κ2) is 14.0. The van der Waals surface area contributed by atoms with Crippen molar-refractivity contribution < 1.29 is 9.18 Å². The Morgan fingerprint density at radius 2 is 1.54 bits per heavy atom. The van der Waals surface area contributed by atoms with Gasteiger partial charge in [0.25, 0.3) is 5.91 Å². The predicted molar refractivity (Wildman–Crippen MR) is 165 cm³/mol. The number of nitrogens with two attached hydrogens (primary N) is 1. The Morgan fingerprint density at radius 1 is 0.902 bits per heavy atom. The zero-order chi connectivity index (χ0) is 28.8. The van der Waals surface area contributed by atoms with E-state index in [1.54, 1.807) is 12.1 Å². The summed E-state index contributed by atoms with van der Waals surface area (Å²) in [7, 11) is 0. The van der Waals surface area contributed by atoms with Gasteiger partial charge in [0, 0.05) is 81.4 Å². The van der Waals surface area contributed by atoms with Crippen molar-refractivity contribution in [2.24, 2.45) is 5.73 Å². The Morgan fingerprint density at radius 3 is 2.17 bits per heavy atom. The van der Waals surface area contributed by atoms with Gasteiger partial charge >= 0.3 is 0 Å². The van der Waals surface area contributed by atoms with E-state index in [-0.39, 0.29) is 11.9 Å². The maximum atomic E-state index is 13.7. The first-order valence-electron chi connectivity index (χ1n) is 14.9. The van der Waals surface area contributed by atoms with Crippen LogP contribution in [0.4, 0.5) is 4.39 Å². The molecule has 0 aliphatic carbocycles. The number of rotatable bonds is 11. The Balaban J connectivity index is 1.14. The number of thiazole rings is 1. The number of primary amides is 1. The first kappa shape index (κ1) is 29.8. The average molecular weight is 579 g/mol. The standard InChI is InChI=1S/C32H43FN6OS/c1-24(2)38-19-21-39(22-20-38)28(25-10-12-27(33)13-11-25)23-37-17-15-36(16-18-37)14-6-9-29-30(26-7-4-3-5-8-26)35-32(41-29)31(34)40/h3-5,7-8,10-13,24,28H,6,9,14-23H2,1-2H3,(H2,34,40).